The predicted octanol–water partition coefficient (Wildman–Crippen LogP) is 4.33. The highest BCUT2D eigenvalue weighted by atomic mass is 32.2. The van der Waals surface area contributed by atoms with Crippen molar-refractivity contribution in [3.63, 3.8) is 0 Å². The number of hydrogen-bond donors (Lipinski definition) is 3. The Bertz CT molecular complexity index is 1510. The lowest BCUT2D eigenvalue weighted by Crippen LogP contribution is -2.32. The van der Waals surface area contributed by atoms with Gasteiger partial charge in [0, 0.05) is 17.3 Å². The summed E-state index contributed by atoms with van der Waals surface area (Å²) in [5.74, 6) is 0.532. The molecule has 0 saturated carbocycles. The van der Waals surface area contributed by atoms with Crippen LogP contribution in [0.25, 0.3) is 11.0 Å². The lowest BCUT2D eigenvalue weighted by atomic mass is 9.99. The summed E-state index contributed by atoms with van der Waals surface area (Å²) >= 11 is 0. The van der Waals surface area contributed by atoms with Gasteiger partial charge in [0.15, 0.2) is 5.82 Å². The minimum absolute atomic E-state index is 0.0263. The van der Waals surface area contributed by atoms with Crippen molar-refractivity contribution in [2.75, 3.05) is 10.0 Å². The van der Waals surface area contributed by atoms with Crippen LogP contribution in [0.3, 0.4) is 0 Å². The molecule has 0 aliphatic heterocycles. The summed E-state index contributed by atoms with van der Waals surface area (Å²) < 4.78 is 34.0. The van der Waals surface area contributed by atoms with Crippen LogP contribution in [0.4, 0.5) is 11.5 Å². The summed E-state index contributed by atoms with van der Waals surface area (Å²) in [6, 6.07) is 10.8. The topological polar surface area (TPSA) is 141 Å². The Morgan fingerprint density at radius 2 is 1.97 bits per heavy atom. The molecule has 0 saturated heterocycles. The molecule has 9 nitrogen and oxygen atoms in total. The van der Waals surface area contributed by atoms with E-state index in [1.54, 1.807) is 49.6 Å². The molecule has 0 amide bonds. The molecule has 0 fully saturated rings. The van der Waals surface area contributed by atoms with Crippen molar-refractivity contribution in [1.29, 1.82) is 5.26 Å². The monoisotopic (exact) mass is 477 g/mol. The third-order valence-electron chi connectivity index (χ3n) is 5.45. The van der Waals surface area contributed by atoms with Gasteiger partial charge in [0.2, 0.25) is 0 Å². The molecule has 1 atom stereocenters. The van der Waals surface area contributed by atoms with Crippen LogP contribution < -0.4 is 10.0 Å². The highest BCUT2D eigenvalue weighted by Crippen LogP contribution is 2.32. The molecule has 4 aromatic rings. The van der Waals surface area contributed by atoms with Crippen molar-refractivity contribution < 1.29 is 17.6 Å². The van der Waals surface area contributed by atoms with Gasteiger partial charge < -0.3 is 14.7 Å². The maximum Gasteiger partial charge on any atom is 0.299 e. The lowest BCUT2D eigenvalue weighted by Gasteiger charge is -2.20. The largest absolute Gasteiger partial charge is 0.464 e. The molecule has 34 heavy (non-hydrogen) atoms. The minimum Gasteiger partial charge on any atom is -0.464 e. The van der Waals surface area contributed by atoms with E-state index in [2.05, 4.69) is 20.0 Å². The van der Waals surface area contributed by atoms with Gasteiger partial charge in [-0.05, 0) is 73.4 Å². The van der Waals surface area contributed by atoms with Crippen molar-refractivity contribution in [1.82, 2.24) is 9.97 Å². The van der Waals surface area contributed by atoms with Crippen molar-refractivity contribution in [3.05, 3.63) is 76.9 Å². The van der Waals surface area contributed by atoms with Crippen molar-refractivity contribution in [2.24, 2.45) is 0 Å². The van der Waals surface area contributed by atoms with Crippen molar-refractivity contribution >= 4 is 37.6 Å². The molecule has 0 spiro atoms. The Kier molecular flexibility index (Phi) is 6.13. The van der Waals surface area contributed by atoms with Gasteiger partial charge in [0.1, 0.15) is 17.4 Å². The van der Waals surface area contributed by atoms with Gasteiger partial charge in [0.25, 0.3) is 15.1 Å². The van der Waals surface area contributed by atoms with E-state index in [1.165, 1.54) is 6.20 Å². The van der Waals surface area contributed by atoms with Crippen LogP contribution in [-0.2, 0) is 21.2 Å². The van der Waals surface area contributed by atoms with Crippen molar-refractivity contribution in [3.8, 4) is 6.07 Å². The fourth-order valence-corrected chi connectivity index (χ4v) is 4.67. The number of anilines is 2. The fourth-order valence-electron chi connectivity index (χ4n) is 3.69. The van der Waals surface area contributed by atoms with Gasteiger partial charge in [-0.3, -0.25) is 9.52 Å². The van der Waals surface area contributed by atoms with Gasteiger partial charge in [-0.25, -0.2) is 4.98 Å². The number of nitriles is 1. The molecule has 0 aliphatic rings. The average Bonchev–Trinajstić information content (AvgIpc) is 3.41. The van der Waals surface area contributed by atoms with E-state index in [9.17, 15) is 13.2 Å². The zero-order chi connectivity index (χ0) is 24.5. The zero-order valence-electron chi connectivity index (χ0n) is 18.8. The number of aromatic amines is 1. The van der Waals surface area contributed by atoms with E-state index in [-0.39, 0.29) is 5.82 Å². The predicted molar refractivity (Wildman–Crippen MR) is 129 cm³/mol. The van der Waals surface area contributed by atoms with E-state index in [4.69, 9.17) is 9.68 Å². The number of aryl methyl sites for hydroxylation is 3. The SMILES string of the molecule is CCc1cc(C(Nc2ccc(C#N)cc2)C(=O)S(=O)(=O)Nc2c[nH]c(C)n2)cc2c(C)coc12. The molecule has 3 N–H and O–H groups in total. The van der Waals surface area contributed by atoms with Crippen molar-refractivity contribution in [2.45, 2.75) is 33.2 Å². The number of carbonyl (C=O) groups is 1. The van der Waals surface area contributed by atoms with Gasteiger partial charge in [0.05, 0.1) is 17.9 Å². The maximum absolute atomic E-state index is 13.4. The minimum atomic E-state index is -4.46. The summed E-state index contributed by atoms with van der Waals surface area (Å²) in [6.45, 7) is 5.52. The summed E-state index contributed by atoms with van der Waals surface area (Å²) in [7, 11) is -4.46. The van der Waals surface area contributed by atoms with Crippen LogP contribution in [0.5, 0.6) is 0 Å². The number of imidazole rings is 1. The zero-order valence-corrected chi connectivity index (χ0v) is 19.7. The molecular weight excluding hydrogens is 454 g/mol. The fraction of sp³-hybridized carbons (Fsp3) is 0.208. The van der Waals surface area contributed by atoms with E-state index in [0.29, 0.717) is 34.6 Å². The number of nitrogens with one attached hydrogen (secondary N) is 3. The Balaban J connectivity index is 1.79. The molecule has 2 aromatic heterocycles. The molecular formula is C24H23N5O4S. The summed E-state index contributed by atoms with van der Waals surface area (Å²) in [6.07, 6.45) is 3.64. The summed E-state index contributed by atoms with van der Waals surface area (Å²) in [5.41, 5.74) is 3.86. The van der Waals surface area contributed by atoms with E-state index >= 15 is 0 Å². The molecule has 2 aromatic carbocycles. The molecule has 10 heteroatoms. The molecule has 0 bridgehead atoms. The van der Waals surface area contributed by atoms with Gasteiger partial charge in [-0.2, -0.15) is 13.7 Å². The Morgan fingerprint density at radius 3 is 2.59 bits per heavy atom. The first kappa shape index (κ1) is 23.1. The highest BCUT2D eigenvalue weighted by Gasteiger charge is 2.34. The molecule has 0 radical (unpaired) electrons. The molecule has 1 unspecified atom stereocenters. The highest BCUT2D eigenvalue weighted by molar-refractivity contribution is 8.07. The second kappa shape index (κ2) is 9.03. The number of sulfonamides is 1. The number of furan rings is 1. The molecule has 0 aliphatic carbocycles. The number of aromatic nitrogens is 2. The van der Waals surface area contributed by atoms with Gasteiger partial charge in [-0.15, -0.1) is 0 Å². The molecule has 4 rings (SSSR count). The number of carbonyl (C=O) groups excluding carboxylic acids is 1. The first-order valence-electron chi connectivity index (χ1n) is 10.6. The van der Waals surface area contributed by atoms with E-state index in [0.717, 1.165) is 16.5 Å². The van der Waals surface area contributed by atoms with E-state index in [1.807, 2.05) is 19.9 Å². The van der Waals surface area contributed by atoms with Crippen LogP contribution in [0.1, 0.15) is 41.0 Å². The number of nitrogens with zero attached hydrogens (tertiary/aromatic N) is 2. The molecule has 174 valence electrons. The third kappa shape index (κ3) is 4.51. The van der Waals surface area contributed by atoms with Gasteiger partial charge >= 0.3 is 0 Å². The second-order valence-electron chi connectivity index (χ2n) is 7.89. The maximum atomic E-state index is 13.4. The summed E-state index contributed by atoms with van der Waals surface area (Å²) in [4.78, 5) is 20.2. The third-order valence-corrected chi connectivity index (χ3v) is 6.69. The number of hydrogen-bond acceptors (Lipinski definition) is 7. The lowest BCUT2D eigenvalue weighted by molar-refractivity contribution is -0.112. The normalized spacial score (nSPS) is 12.3. The standard InChI is InChI=1S/C24H23N5O4S/c1-4-17-9-18(10-20-14(2)13-33-23(17)20)22(28-19-7-5-16(11-25)6-8-19)24(30)34(31,32)29-21-12-26-15(3)27-21/h5-10,12-13,22,28-29H,4H2,1-3H3,(H,26,27). The summed E-state index contributed by atoms with van der Waals surface area (Å²) in [5, 5.41) is 11.8. The molecule has 2 heterocycles. The van der Waals surface area contributed by atoms with Crippen LogP contribution in [0.2, 0.25) is 0 Å². The number of H-pyrrole nitrogens is 1. The first-order valence-corrected chi connectivity index (χ1v) is 12.1. The number of rotatable bonds is 7. The van der Waals surface area contributed by atoms with Crippen LogP contribution in [0, 0.1) is 25.2 Å². The number of fused-ring (bicyclic) bond motifs is 1. The van der Waals surface area contributed by atoms with Crippen LogP contribution in [-0.4, -0.2) is 23.5 Å². The van der Waals surface area contributed by atoms with Crippen LogP contribution >= 0.6 is 0 Å². The Labute approximate surface area is 196 Å². The second-order valence-corrected chi connectivity index (χ2v) is 9.50. The average molecular weight is 478 g/mol. The van der Waals surface area contributed by atoms with E-state index < -0.39 is 21.2 Å². The number of benzene rings is 2. The Morgan fingerprint density at radius 1 is 1.24 bits per heavy atom. The van der Waals surface area contributed by atoms with Crippen LogP contribution in [0.15, 0.2) is 53.3 Å². The first-order chi connectivity index (χ1) is 16.2. The smallest absolute Gasteiger partial charge is 0.299 e. The Hall–Kier alpha value is -4.10. The quantitative estimate of drug-likeness (QED) is 0.360. The van der Waals surface area contributed by atoms with Gasteiger partial charge in [-0.1, -0.05) is 6.92 Å².